The van der Waals surface area contributed by atoms with E-state index in [4.69, 9.17) is 4.74 Å². The van der Waals surface area contributed by atoms with E-state index in [1.807, 2.05) is 42.7 Å². The fourth-order valence-electron chi connectivity index (χ4n) is 4.09. The summed E-state index contributed by atoms with van der Waals surface area (Å²) in [7, 11) is 0. The fraction of sp³-hybridized carbons (Fsp3) is 0.400. The maximum atomic E-state index is 12.5. The molecule has 0 spiro atoms. The molecule has 0 saturated carbocycles. The Hall–Kier alpha value is -3.00. The van der Waals surface area contributed by atoms with Gasteiger partial charge >= 0.3 is 12.1 Å². The van der Waals surface area contributed by atoms with Gasteiger partial charge in [0, 0.05) is 17.9 Å². The van der Waals surface area contributed by atoms with Crippen LogP contribution < -0.4 is 10.6 Å². The number of rotatable bonds is 10. The summed E-state index contributed by atoms with van der Waals surface area (Å²) in [5, 5.41) is 14.6. The highest BCUT2D eigenvalue weighted by Crippen LogP contribution is 2.44. The Morgan fingerprint density at radius 3 is 2.18 bits per heavy atom. The van der Waals surface area contributed by atoms with Gasteiger partial charge in [0.05, 0.1) is 0 Å². The number of aliphatic carboxylic acids is 1. The van der Waals surface area contributed by atoms with Crippen molar-refractivity contribution in [1.82, 2.24) is 10.6 Å². The average molecular weight is 471 g/mol. The van der Waals surface area contributed by atoms with Crippen LogP contribution in [0.4, 0.5) is 4.79 Å². The molecule has 3 N–H and O–H groups in total. The Morgan fingerprint density at radius 2 is 1.64 bits per heavy atom. The number of carbonyl (C=O) groups is 3. The maximum absolute atomic E-state index is 12.5. The number of thioether (sulfide) groups is 1. The van der Waals surface area contributed by atoms with Gasteiger partial charge in [0.25, 0.3) is 0 Å². The molecule has 0 radical (unpaired) electrons. The van der Waals surface area contributed by atoms with E-state index < -0.39 is 29.6 Å². The van der Waals surface area contributed by atoms with Crippen LogP contribution in [0.5, 0.6) is 0 Å². The molecule has 0 heterocycles. The van der Waals surface area contributed by atoms with Gasteiger partial charge in [-0.1, -0.05) is 48.5 Å². The van der Waals surface area contributed by atoms with Crippen LogP contribution in [0.15, 0.2) is 48.5 Å². The van der Waals surface area contributed by atoms with E-state index in [0.29, 0.717) is 12.2 Å². The number of alkyl carbamates (subject to hydrolysis) is 1. The lowest BCUT2D eigenvalue weighted by atomic mass is 9.98. The normalized spacial score (nSPS) is 13.5. The molecule has 1 aliphatic carbocycles. The molecule has 0 fully saturated rings. The second kappa shape index (κ2) is 10.7. The number of hydrogen-bond acceptors (Lipinski definition) is 5. The molecular weight excluding hydrogens is 440 g/mol. The van der Waals surface area contributed by atoms with E-state index in [0.717, 1.165) is 22.3 Å². The predicted molar refractivity (Wildman–Crippen MR) is 129 cm³/mol. The van der Waals surface area contributed by atoms with Gasteiger partial charge in [-0.15, -0.1) is 0 Å². The first kappa shape index (κ1) is 24.6. The Labute approximate surface area is 198 Å². The van der Waals surface area contributed by atoms with Crippen molar-refractivity contribution in [1.29, 1.82) is 0 Å². The number of benzene rings is 2. The van der Waals surface area contributed by atoms with Gasteiger partial charge < -0.3 is 20.5 Å². The summed E-state index contributed by atoms with van der Waals surface area (Å²) in [4.78, 5) is 36.3. The first-order chi connectivity index (χ1) is 15.7. The number of fused-ring (bicyclic) bond motifs is 3. The second-order valence-electron chi connectivity index (χ2n) is 8.75. The van der Waals surface area contributed by atoms with Crippen LogP contribution in [-0.2, 0) is 14.3 Å². The lowest BCUT2D eigenvalue weighted by molar-refractivity contribution is -0.142. The molecule has 0 aliphatic heterocycles. The molecule has 0 bridgehead atoms. The van der Waals surface area contributed by atoms with Crippen molar-refractivity contribution < 1.29 is 24.2 Å². The zero-order valence-electron chi connectivity index (χ0n) is 19.1. The van der Waals surface area contributed by atoms with Crippen LogP contribution in [0.2, 0.25) is 0 Å². The molecule has 7 nitrogen and oxygen atoms in total. The molecule has 0 saturated heterocycles. The van der Waals surface area contributed by atoms with Gasteiger partial charge in [-0.25, -0.2) is 9.59 Å². The standard InChI is InChI=1S/C25H30N2O5S/c1-25(2,14-22(28)26-21(23(29)30)12-13-33-3)27-24(31)32-15-20-18-10-6-4-8-16(18)17-9-5-7-11-19(17)20/h4-11,20-21H,12-15H2,1-3H3,(H,26,28)(H,27,31)(H,29,30)/t21-/m1/s1. The third kappa shape index (κ3) is 6.28. The van der Waals surface area contributed by atoms with E-state index in [9.17, 15) is 19.5 Å². The third-order valence-corrected chi connectivity index (χ3v) is 6.27. The molecule has 0 aromatic heterocycles. The van der Waals surface area contributed by atoms with E-state index in [1.54, 1.807) is 13.8 Å². The van der Waals surface area contributed by atoms with Gasteiger partial charge in [0.1, 0.15) is 12.6 Å². The average Bonchev–Trinajstić information content (AvgIpc) is 3.08. The molecule has 2 aromatic rings. The monoisotopic (exact) mass is 470 g/mol. The molecule has 33 heavy (non-hydrogen) atoms. The number of carbonyl (C=O) groups excluding carboxylic acids is 2. The number of carboxylic acids is 1. The Bertz CT molecular complexity index is 978. The highest BCUT2D eigenvalue weighted by atomic mass is 32.2. The minimum absolute atomic E-state index is 0.0534. The zero-order valence-corrected chi connectivity index (χ0v) is 19.9. The minimum atomic E-state index is -1.07. The first-order valence-electron chi connectivity index (χ1n) is 10.9. The minimum Gasteiger partial charge on any atom is -0.480 e. The van der Waals surface area contributed by atoms with Gasteiger partial charge in [-0.2, -0.15) is 11.8 Å². The Morgan fingerprint density at radius 1 is 1.06 bits per heavy atom. The van der Waals surface area contributed by atoms with Crippen LogP contribution in [-0.4, -0.2) is 53.3 Å². The summed E-state index contributed by atoms with van der Waals surface area (Å²) in [6.45, 7) is 3.58. The summed E-state index contributed by atoms with van der Waals surface area (Å²) in [5.41, 5.74) is 3.63. The van der Waals surface area contributed by atoms with Crippen LogP contribution in [0.25, 0.3) is 11.1 Å². The SMILES string of the molecule is CSCC[C@@H](NC(=O)CC(C)(C)NC(=O)OCC1c2ccccc2-c2ccccc21)C(=O)O. The van der Waals surface area contributed by atoms with E-state index in [-0.39, 0.29) is 18.9 Å². The van der Waals surface area contributed by atoms with Crippen LogP contribution in [0, 0.1) is 0 Å². The zero-order chi connectivity index (χ0) is 24.0. The quantitative estimate of drug-likeness (QED) is 0.485. The van der Waals surface area contributed by atoms with Gasteiger partial charge in [-0.3, -0.25) is 4.79 Å². The molecule has 3 rings (SSSR count). The van der Waals surface area contributed by atoms with Crippen molar-refractivity contribution in [3.8, 4) is 11.1 Å². The fourth-order valence-corrected chi connectivity index (χ4v) is 4.57. The van der Waals surface area contributed by atoms with E-state index in [2.05, 4.69) is 22.8 Å². The van der Waals surface area contributed by atoms with Crippen molar-refractivity contribution >= 4 is 29.7 Å². The number of ether oxygens (including phenoxy) is 1. The third-order valence-electron chi connectivity index (χ3n) is 5.63. The summed E-state index contributed by atoms with van der Waals surface area (Å²) in [5.74, 6) is -0.937. The summed E-state index contributed by atoms with van der Waals surface area (Å²) in [6, 6.07) is 15.2. The number of amides is 2. The number of hydrogen-bond donors (Lipinski definition) is 3. The van der Waals surface area contributed by atoms with Crippen molar-refractivity contribution in [2.45, 2.75) is 44.2 Å². The van der Waals surface area contributed by atoms with Crippen molar-refractivity contribution in [3.63, 3.8) is 0 Å². The maximum Gasteiger partial charge on any atom is 0.407 e. The molecule has 1 atom stereocenters. The second-order valence-corrected chi connectivity index (χ2v) is 9.74. The summed E-state index contributed by atoms with van der Waals surface area (Å²) in [6.07, 6.45) is 1.53. The summed E-state index contributed by atoms with van der Waals surface area (Å²) >= 11 is 1.52. The van der Waals surface area contributed by atoms with Crippen molar-refractivity contribution in [3.05, 3.63) is 59.7 Å². The number of carboxylic acid groups (broad SMARTS) is 1. The molecule has 0 unspecified atom stereocenters. The highest BCUT2D eigenvalue weighted by Gasteiger charge is 2.31. The lowest BCUT2D eigenvalue weighted by Gasteiger charge is -2.26. The van der Waals surface area contributed by atoms with Crippen LogP contribution >= 0.6 is 11.8 Å². The predicted octanol–water partition coefficient (Wildman–Crippen LogP) is 4.02. The van der Waals surface area contributed by atoms with E-state index in [1.165, 1.54) is 11.8 Å². The van der Waals surface area contributed by atoms with Crippen molar-refractivity contribution in [2.24, 2.45) is 0 Å². The number of nitrogens with one attached hydrogen (secondary N) is 2. The van der Waals surface area contributed by atoms with Gasteiger partial charge in [0.2, 0.25) is 5.91 Å². The molecule has 176 valence electrons. The van der Waals surface area contributed by atoms with Gasteiger partial charge in [0.15, 0.2) is 0 Å². The largest absolute Gasteiger partial charge is 0.480 e. The molecule has 1 aliphatic rings. The smallest absolute Gasteiger partial charge is 0.407 e. The molecule has 8 heteroatoms. The molecule has 2 aromatic carbocycles. The van der Waals surface area contributed by atoms with Crippen molar-refractivity contribution in [2.75, 3.05) is 18.6 Å². The highest BCUT2D eigenvalue weighted by molar-refractivity contribution is 7.98. The van der Waals surface area contributed by atoms with Crippen LogP contribution in [0.1, 0.15) is 43.7 Å². The topological polar surface area (TPSA) is 105 Å². The first-order valence-corrected chi connectivity index (χ1v) is 12.3. The Kier molecular flexibility index (Phi) is 8.02. The Balaban J connectivity index is 1.56. The molecular formula is C25H30N2O5S. The summed E-state index contributed by atoms with van der Waals surface area (Å²) < 4.78 is 5.55. The van der Waals surface area contributed by atoms with Crippen LogP contribution in [0.3, 0.4) is 0 Å². The lowest BCUT2D eigenvalue weighted by Crippen LogP contribution is -2.49. The van der Waals surface area contributed by atoms with E-state index >= 15 is 0 Å². The molecule has 2 amide bonds. The van der Waals surface area contributed by atoms with Gasteiger partial charge in [-0.05, 0) is 54.5 Å².